The summed E-state index contributed by atoms with van der Waals surface area (Å²) in [5.41, 5.74) is 0. The van der Waals surface area contributed by atoms with E-state index in [4.69, 9.17) is 5.11 Å². The van der Waals surface area contributed by atoms with Gasteiger partial charge in [-0.25, -0.2) is 4.79 Å². The molecule has 0 saturated heterocycles. The van der Waals surface area contributed by atoms with Gasteiger partial charge in [0.1, 0.15) is 6.04 Å². The van der Waals surface area contributed by atoms with Crippen molar-refractivity contribution in [3.05, 3.63) is 0 Å². The number of hydrogen-bond donors (Lipinski definition) is 4. The summed E-state index contributed by atoms with van der Waals surface area (Å²) in [7, 11) is 0. The van der Waals surface area contributed by atoms with E-state index in [0.717, 1.165) is 12.8 Å². The standard InChI is InChI=1S/C24H44N2O6/c1-2-3-4-5-6-7-8-9-10-16-21(27)25-19-14-13-15-20(24(31)32)26-22(28)17-11-12-18-23(29)30/h20H,2-19H2,1H3,(H,25,27)(H,26,28)(H,29,30)(H,31,32)/t20-/m0/s1. The van der Waals surface area contributed by atoms with Crippen molar-refractivity contribution in [1.82, 2.24) is 10.6 Å². The van der Waals surface area contributed by atoms with E-state index in [9.17, 15) is 24.3 Å². The van der Waals surface area contributed by atoms with Crippen LogP contribution in [0.5, 0.6) is 0 Å². The molecule has 0 aliphatic heterocycles. The van der Waals surface area contributed by atoms with Crippen LogP contribution in [0.1, 0.15) is 116 Å². The maximum atomic E-state index is 11.9. The summed E-state index contributed by atoms with van der Waals surface area (Å²) < 4.78 is 0. The molecule has 0 spiro atoms. The minimum absolute atomic E-state index is 0.000480. The van der Waals surface area contributed by atoms with Gasteiger partial charge in [-0.15, -0.1) is 0 Å². The number of amides is 2. The quantitative estimate of drug-likeness (QED) is 0.178. The maximum absolute atomic E-state index is 11.9. The van der Waals surface area contributed by atoms with E-state index in [2.05, 4.69) is 17.6 Å². The number of aliphatic carboxylic acids is 2. The van der Waals surface area contributed by atoms with Gasteiger partial charge in [0.15, 0.2) is 0 Å². The lowest BCUT2D eigenvalue weighted by Gasteiger charge is -2.14. The van der Waals surface area contributed by atoms with E-state index in [1.54, 1.807) is 0 Å². The van der Waals surface area contributed by atoms with E-state index in [1.807, 2.05) is 0 Å². The van der Waals surface area contributed by atoms with Gasteiger partial charge >= 0.3 is 11.9 Å². The molecule has 2 amide bonds. The summed E-state index contributed by atoms with van der Waals surface area (Å²) in [4.78, 5) is 45.5. The fraction of sp³-hybridized carbons (Fsp3) is 0.833. The molecule has 0 aliphatic carbocycles. The van der Waals surface area contributed by atoms with E-state index >= 15 is 0 Å². The first-order chi connectivity index (χ1) is 15.4. The first kappa shape index (κ1) is 29.9. The maximum Gasteiger partial charge on any atom is 0.326 e. The number of nitrogens with one attached hydrogen (secondary N) is 2. The number of carbonyl (C=O) groups is 4. The number of carbonyl (C=O) groups excluding carboxylic acids is 2. The lowest BCUT2D eigenvalue weighted by Crippen LogP contribution is -2.40. The lowest BCUT2D eigenvalue weighted by molar-refractivity contribution is -0.142. The zero-order valence-electron chi connectivity index (χ0n) is 19.8. The second kappa shape index (κ2) is 20.8. The Morgan fingerprint density at radius 2 is 1.19 bits per heavy atom. The molecule has 186 valence electrons. The zero-order chi connectivity index (χ0) is 24.0. The molecule has 0 bridgehead atoms. The van der Waals surface area contributed by atoms with E-state index < -0.39 is 18.0 Å². The lowest BCUT2D eigenvalue weighted by atomic mass is 10.1. The average Bonchev–Trinajstić information content (AvgIpc) is 2.74. The van der Waals surface area contributed by atoms with Crippen LogP contribution in [-0.4, -0.2) is 46.6 Å². The van der Waals surface area contributed by atoms with Crippen LogP contribution in [0.4, 0.5) is 0 Å². The molecule has 0 heterocycles. The number of carboxylic acid groups (broad SMARTS) is 2. The van der Waals surface area contributed by atoms with Gasteiger partial charge in [0, 0.05) is 25.8 Å². The molecule has 0 radical (unpaired) electrons. The van der Waals surface area contributed by atoms with Gasteiger partial charge in [0.2, 0.25) is 11.8 Å². The van der Waals surface area contributed by atoms with Gasteiger partial charge in [-0.3, -0.25) is 14.4 Å². The van der Waals surface area contributed by atoms with Crippen LogP contribution in [0, 0.1) is 0 Å². The first-order valence-electron chi connectivity index (χ1n) is 12.4. The zero-order valence-corrected chi connectivity index (χ0v) is 19.8. The Morgan fingerprint density at radius 3 is 1.78 bits per heavy atom. The van der Waals surface area contributed by atoms with Crippen LogP contribution in [-0.2, 0) is 19.2 Å². The molecule has 0 saturated carbocycles. The van der Waals surface area contributed by atoms with Crippen LogP contribution in [0.15, 0.2) is 0 Å². The van der Waals surface area contributed by atoms with E-state index in [-0.39, 0.29) is 24.7 Å². The molecule has 0 aromatic rings. The van der Waals surface area contributed by atoms with Crippen LogP contribution in [0.3, 0.4) is 0 Å². The molecule has 0 aromatic carbocycles. The Bertz CT molecular complexity index is 539. The molecular weight excluding hydrogens is 412 g/mol. The van der Waals surface area contributed by atoms with Crippen molar-refractivity contribution in [3.63, 3.8) is 0 Å². The Balaban J connectivity index is 3.72. The van der Waals surface area contributed by atoms with Crippen LogP contribution < -0.4 is 10.6 Å². The van der Waals surface area contributed by atoms with Crippen LogP contribution >= 0.6 is 0 Å². The van der Waals surface area contributed by atoms with Gasteiger partial charge in [0.25, 0.3) is 0 Å². The van der Waals surface area contributed by atoms with E-state index in [1.165, 1.54) is 44.9 Å². The van der Waals surface area contributed by atoms with Crippen LogP contribution in [0.25, 0.3) is 0 Å². The highest BCUT2D eigenvalue weighted by molar-refractivity contribution is 5.83. The molecule has 0 aliphatic rings. The van der Waals surface area contributed by atoms with Crippen molar-refractivity contribution >= 4 is 23.8 Å². The topological polar surface area (TPSA) is 133 Å². The summed E-state index contributed by atoms with van der Waals surface area (Å²) in [5.74, 6) is -2.33. The SMILES string of the molecule is CCCCCCCCCCCC(=O)NCCCC[C@H](NC(=O)CCCCC(=O)O)C(=O)O. The summed E-state index contributed by atoms with van der Waals surface area (Å²) >= 11 is 0. The Hall–Kier alpha value is -2.12. The minimum Gasteiger partial charge on any atom is -0.481 e. The molecule has 32 heavy (non-hydrogen) atoms. The average molecular weight is 457 g/mol. The number of unbranched alkanes of at least 4 members (excludes halogenated alkanes) is 10. The Labute approximate surface area is 192 Å². The fourth-order valence-corrected chi connectivity index (χ4v) is 3.47. The third kappa shape index (κ3) is 19.8. The predicted molar refractivity (Wildman–Crippen MR) is 124 cm³/mol. The normalized spacial score (nSPS) is 11.7. The van der Waals surface area contributed by atoms with Gasteiger partial charge in [0.05, 0.1) is 0 Å². The van der Waals surface area contributed by atoms with Gasteiger partial charge in [-0.1, -0.05) is 58.3 Å². The highest BCUT2D eigenvalue weighted by atomic mass is 16.4. The van der Waals surface area contributed by atoms with Gasteiger partial charge < -0.3 is 20.8 Å². The third-order valence-electron chi connectivity index (χ3n) is 5.43. The van der Waals surface area contributed by atoms with Gasteiger partial charge in [-0.2, -0.15) is 0 Å². The smallest absolute Gasteiger partial charge is 0.326 e. The second-order valence-electron chi connectivity index (χ2n) is 8.48. The molecular formula is C24H44N2O6. The number of hydrogen-bond acceptors (Lipinski definition) is 4. The fourth-order valence-electron chi connectivity index (χ4n) is 3.47. The highest BCUT2D eigenvalue weighted by Gasteiger charge is 2.19. The molecule has 4 N–H and O–H groups in total. The van der Waals surface area contributed by atoms with Crippen molar-refractivity contribution < 1.29 is 29.4 Å². The molecule has 0 fully saturated rings. The molecule has 0 unspecified atom stereocenters. The molecule has 0 aromatic heterocycles. The third-order valence-corrected chi connectivity index (χ3v) is 5.43. The van der Waals surface area contributed by atoms with E-state index in [0.29, 0.717) is 45.1 Å². The van der Waals surface area contributed by atoms with Crippen molar-refractivity contribution in [2.24, 2.45) is 0 Å². The van der Waals surface area contributed by atoms with Crippen molar-refractivity contribution in [3.8, 4) is 0 Å². The summed E-state index contributed by atoms with van der Waals surface area (Å²) in [6.07, 6.45) is 13.9. The summed E-state index contributed by atoms with van der Waals surface area (Å²) in [6, 6.07) is -0.959. The largest absolute Gasteiger partial charge is 0.481 e. The molecule has 8 heteroatoms. The molecule has 8 nitrogen and oxygen atoms in total. The second-order valence-corrected chi connectivity index (χ2v) is 8.48. The molecule has 0 rings (SSSR count). The summed E-state index contributed by atoms with van der Waals surface area (Å²) in [6.45, 7) is 2.72. The Kier molecular flexibility index (Phi) is 19.4. The van der Waals surface area contributed by atoms with Crippen LogP contribution in [0.2, 0.25) is 0 Å². The predicted octanol–water partition coefficient (Wildman–Crippen LogP) is 4.41. The van der Waals surface area contributed by atoms with Crippen molar-refractivity contribution in [2.75, 3.05) is 6.54 Å². The molecule has 1 atom stereocenters. The highest BCUT2D eigenvalue weighted by Crippen LogP contribution is 2.10. The van der Waals surface area contributed by atoms with Crippen molar-refractivity contribution in [1.29, 1.82) is 0 Å². The van der Waals surface area contributed by atoms with Gasteiger partial charge in [-0.05, 0) is 38.5 Å². The first-order valence-corrected chi connectivity index (χ1v) is 12.4. The Morgan fingerprint density at radius 1 is 0.656 bits per heavy atom. The number of carboxylic acids is 2. The minimum atomic E-state index is -1.08. The number of rotatable bonds is 22. The van der Waals surface area contributed by atoms with Crippen molar-refractivity contribution in [2.45, 2.75) is 122 Å². The monoisotopic (exact) mass is 456 g/mol. The summed E-state index contributed by atoms with van der Waals surface area (Å²) in [5, 5.41) is 23.2.